The van der Waals surface area contributed by atoms with E-state index in [2.05, 4.69) is 17.0 Å². The Morgan fingerprint density at radius 3 is 2.52 bits per heavy atom. The summed E-state index contributed by atoms with van der Waals surface area (Å²) in [6.07, 6.45) is 1.96. The van der Waals surface area contributed by atoms with Crippen LogP contribution in [0.5, 0.6) is 0 Å². The summed E-state index contributed by atoms with van der Waals surface area (Å²) in [5, 5.41) is 3.84. The maximum absolute atomic E-state index is 12.4. The van der Waals surface area contributed by atoms with Crippen LogP contribution in [0.2, 0.25) is 5.02 Å². The van der Waals surface area contributed by atoms with E-state index in [0.29, 0.717) is 22.0 Å². The van der Waals surface area contributed by atoms with E-state index in [1.54, 1.807) is 25.1 Å². The molecule has 2 N–H and O–H groups in total. The van der Waals surface area contributed by atoms with Crippen LogP contribution in [0.1, 0.15) is 25.3 Å². The first kappa shape index (κ1) is 18.7. The maximum Gasteiger partial charge on any atom is 0.240 e. The summed E-state index contributed by atoms with van der Waals surface area (Å²) in [6, 6.07) is 4.84. The zero-order chi connectivity index (χ0) is 14.8. The Morgan fingerprint density at radius 1 is 1.33 bits per heavy atom. The van der Waals surface area contributed by atoms with Gasteiger partial charge in [-0.15, -0.1) is 12.4 Å². The fourth-order valence-electron chi connectivity index (χ4n) is 2.47. The third kappa shape index (κ3) is 4.83. The van der Waals surface area contributed by atoms with Crippen LogP contribution in [0.4, 0.5) is 0 Å². The molecule has 0 amide bonds. The Bertz CT molecular complexity index is 585. The highest BCUT2D eigenvalue weighted by atomic mass is 35.5. The quantitative estimate of drug-likeness (QED) is 0.875. The smallest absolute Gasteiger partial charge is 0.240 e. The zero-order valence-electron chi connectivity index (χ0n) is 12.3. The van der Waals surface area contributed by atoms with Crippen molar-refractivity contribution in [3.05, 3.63) is 28.8 Å². The molecule has 0 aromatic heterocycles. The van der Waals surface area contributed by atoms with E-state index in [9.17, 15) is 8.42 Å². The molecule has 4 nitrogen and oxygen atoms in total. The van der Waals surface area contributed by atoms with Crippen molar-refractivity contribution in [3.8, 4) is 0 Å². The lowest BCUT2D eigenvalue weighted by Crippen LogP contribution is -2.42. The van der Waals surface area contributed by atoms with Crippen LogP contribution >= 0.6 is 24.0 Å². The van der Waals surface area contributed by atoms with Crippen molar-refractivity contribution in [2.24, 2.45) is 5.41 Å². The van der Waals surface area contributed by atoms with Crippen LogP contribution in [-0.2, 0) is 10.0 Å². The molecule has 0 spiro atoms. The van der Waals surface area contributed by atoms with Crippen LogP contribution in [0.3, 0.4) is 0 Å². The predicted octanol–water partition coefficient (Wildman–Crippen LogP) is 2.74. The molecule has 0 aliphatic carbocycles. The highest BCUT2D eigenvalue weighted by Gasteiger charge is 2.29. The lowest BCUT2D eigenvalue weighted by Gasteiger charge is -2.34. The highest BCUT2D eigenvalue weighted by Crippen LogP contribution is 2.28. The molecule has 1 saturated heterocycles. The number of rotatable bonds is 4. The first-order valence-corrected chi connectivity index (χ1v) is 8.65. The molecule has 2 rings (SSSR count). The number of piperidine rings is 1. The molecular weight excluding hydrogens is 331 g/mol. The second-order valence-electron chi connectivity index (χ2n) is 5.80. The molecule has 0 radical (unpaired) electrons. The number of hydrogen-bond acceptors (Lipinski definition) is 3. The molecule has 0 atom stereocenters. The minimum atomic E-state index is -3.47. The molecule has 1 aromatic rings. The van der Waals surface area contributed by atoms with E-state index >= 15 is 0 Å². The van der Waals surface area contributed by atoms with Crippen molar-refractivity contribution in [1.82, 2.24) is 10.0 Å². The molecule has 1 fully saturated rings. The van der Waals surface area contributed by atoms with Gasteiger partial charge in [0.1, 0.15) is 0 Å². The summed E-state index contributed by atoms with van der Waals surface area (Å²) in [4.78, 5) is 0.305. The summed E-state index contributed by atoms with van der Waals surface area (Å²) in [5.74, 6) is 0. The van der Waals surface area contributed by atoms with E-state index in [-0.39, 0.29) is 17.8 Å². The molecule has 0 unspecified atom stereocenters. The van der Waals surface area contributed by atoms with Crippen LogP contribution < -0.4 is 10.0 Å². The van der Waals surface area contributed by atoms with E-state index in [4.69, 9.17) is 11.6 Å². The third-order valence-corrected chi connectivity index (χ3v) is 5.72. The lowest BCUT2D eigenvalue weighted by molar-refractivity contribution is 0.232. The molecular formula is C14H22Cl2N2O2S. The van der Waals surface area contributed by atoms with Gasteiger partial charge in [-0.1, -0.05) is 18.5 Å². The zero-order valence-corrected chi connectivity index (χ0v) is 14.7. The molecule has 21 heavy (non-hydrogen) atoms. The predicted molar refractivity (Wildman–Crippen MR) is 88.8 cm³/mol. The Balaban J connectivity index is 0.00000220. The van der Waals surface area contributed by atoms with E-state index in [1.165, 1.54) is 0 Å². The monoisotopic (exact) mass is 352 g/mol. The topological polar surface area (TPSA) is 58.2 Å². The molecule has 1 heterocycles. The normalized spacial score (nSPS) is 18.0. The molecule has 0 saturated carbocycles. The van der Waals surface area contributed by atoms with Crippen molar-refractivity contribution in [2.45, 2.75) is 31.6 Å². The van der Waals surface area contributed by atoms with Gasteiger partial charge in [0.25, 0.3) is 0 Å². The Morgan fingerprint density at radius 2 is 1.95 bits per heavy atom. The number of hydrogen-bond donors (Lipinski definition) is 2. The van der Waals surface area contributed by atoms with Gasteiger partial charge in [0, 0.05) is 11.6 Å². The van der Waals surface area contributed by atoms with Gasteiger partial charge in [-0.25, -0.2) is 13.1 Å². The SMILES string of the molecule is Cc1cc(Cl)ccc1S(=O)(=O)NCC1(C)CCNCC1.Cl. The standard InChI is InChI=1S/C14H21ClN2O2S.ClH/c1-11-9-12(15)3-4-13(11)20(18,19)17-10-14(2)5-7-16-8-6-14;/h3-4,9,16-17H,5-8,10H2,1-2H3;1H. The van der Waals surface area contributed by atoms with Crippen LogP contribution in [0, 0.1) is 12.3 Å². The summed E-state index contributed by atoms with van der Waals surface area (Å²) < 4.78 is 27.5. The van der Waals surface area contributed by atoms with Crippen molar-refractivity contribution < 1.29 is 8.42 Å². The van der Waals surface area contributed by atoms with Gasteiger partial charge in [0.15, 0.2) is 0 Å². The van der Waals surface area contributed by atoms with Gasteiger partial charge < -0.3 is 5.32 Å². The molecule has 7 heteroatoms. The Hall–Kier alpha value is -0.330. The van der Waals surface area contributed by atoms with Gasteiger partial charge in [-0.05, 0) is 62.0 Å². The van der Waals surface area contributed by atoms with E-state index in [1.807, 2.05) is 0 Å². The van der Waals surface area contributed by atoms with Crippen molar-refractivity contribution in [2.75, 3.05) is 19.6 Å². The number of nitrogens with one attached hydrogen (secondary N) is 2. The van der Waals surface area contributed by atoms with Gasteiger partial charge in [-0.2, -0.15) is 0 Å². The number of benzene rings is 1. The third-order valence-electron chi connectivity index (χ3n) is 3.93. The maximum atomic E-state index is 12.4. The van der Waals surface area contributed by atoms with E-state index in [0.717, 1.165) is 25.9 Å². The molecule has 1 aliphatic heterocycles. The Labute approximate surface area is 138 Å². The number of aryl methyl sites for hydroxylation is 1. The highest BCUT2D eigenvalue weighted by molar-refractivity contribution is 7.89. The molecule has 1 aromatic carbocycles. The van der Waals surface area contributed by atoms with Crippen LogP contribution in [0.25, 0.3) is 0 Å². The summed E-state index contributed by atoms with van der Waals surface area (Å²) in [7, 11) is -3.47. The van der Waals surface area contributed by atoms with E-state index < -0.39 is 10.0 Å². The minimum Gasteiger partial charge on any atom is -0.317 e. The first-order chi connectivity index (χ1) is 9.32. The van der Waals surface area contributed by atoms with Crippen LogP contribution in [0.15, 0.2) is 23.1 Å². The summed E-state index contributed by atoms with van der Waals surface area (Å²) >= 11 is 5.87. The van der Waals surface area contributed by atoms with Crippen LogP contribution in [-0.4, -0.2) is 28.1 Å². The largest absolute Gasteiger partial charge is 0.317 e. The van der Waals surface area contributed by atoms with Gasteiger partial charge in [0.2, 0.25) is 10.0 Å². The fourth-order valence-corrected chi connectivity index (χ4v) is 4.12. The molecule has 0 bridgehead atoms. The lowest BCUT2D eigenvalue weighted by atomic mass is 9.81. The molecule has 1 aliphatic rings. The second-order valence-corrected chi connectivity index (χ2v) is 7.97. The average molecular weight is 353 g/mol. The fraction of sp³-hybridized carbons (Fsp3) is 0.571. The van der Waals surface area contributed by atoms with Gasteiger partial charge >= 0.3 is 0 Å². The summed E-state index contributed by atoms with van der Waals surface area (Å²) in [6.45, 7) is 6.24. The van der Waals surface area contributed by atoms with Gasteiger partial charge in [-0.3, -0.25) is 0 Å². The van der Waals surface area contributed by atoms with Crippen molar-refractivity contribution in [1.29, 1.82) is 0 Å². The van der Waals surface area contributed by atoms with Gasteiger partial charge in [0.05, 0.1) is 4.90 Å². The van der Waals surface area contributed by atoms with Crippen molar-refractivity contribution in [3.63, 3.8) is 0 Å². The molecule has 120 valence electrons. The number of halogens is 2. The first-order valence-electron chi connectivity index (χ1n) is 6.79. The summed E-state index contributed by atoms with van der Waals surface area (Å²) in [5.41, 5.74) is 0.694. The average Bonchev–Trinajstić information content (AvgIpc) is 2.37. The van der Waals surface area contributed by atoms with Crippen molar-refractivity contribution >= 4 is 34.0 Å². The second kappa shape index (κ2) is 7.29. The Kier molecular flexibility index (Phi) is 6.50. The number of sulfonamides is 1. The minimum absolute atomic E-state index is 0.